The fourth-order valence-electron chi connectivity index (χ4n) is 0.889. The van der Waals surface area contributed by atoms with Crippen LogP contribution >= 0.6 is 11.6 Å². The normalized spacial score (nSPS) is 11.5. The number of anilines is 1. The molecule has 1 rings (SSSR count). The molecule has 0 bridgehead atoms. The number of nitrogens with two attached hydrogens (primary N) is 1. The van der Waals surface area contributed by atoms with Crippen molar-refractivity contribution in [3.63, 3.8) is 0 Å². The summed E-state index contributed by atoms with van der Waals surface area (Å²) in [5.41, 5.74) is 5.62. The van der Waals surface area contributed by atoms with Gasteiger partial charge in [-0.1, -0.05) is 17.7 Å². The van der Waals surface area contributed by atoms with Crippen LogP contribution in [0.15, 0.2) is 12.1 Å². The van der Waals surface area contributed by atoms with Gasteiger partial charge in [-0.05, 0) is 18.6 Å². The summed E-state index contributed by atoms with van der Waals surface area (Å²) in [5.74, 6) is -0.542. The van der Waals surface area contributed by atoms with Gasteiger partial charge in [0.05, 0.1) is 10.7 Å². The molecule has 2 N–H and O–H groups in total. The summed E-state index contributed by atoms with van der Waals surface area (Å²) in [5, 5.41) is -0.123. The number of aryl methyl sites for hydroxylation is 1. The van der Waals surface area contributed by atoms with Gasteiger partial charge in [0.1, 0.15) is 0 Å². The first kappa shape index (κ1) is 11.0. The molecule has 0 fully saturated rings. The van der Waals surface area contributed by atoms with Crippen LogP contribution < -0.4 is 10.5 Å². The maximum Gasteiger partial charge on any atom is 0.573 e. The minimum atomic E-state index is -4.79. The van der Waals surface area contributed by atoms with Crippen LogP contribution in [0.2, 0.25) is 5.02 Å². The Bertz CT molecular complexity index is 351. The van der Waals surface area contributed by atoms with Gasteiger partial charge in [0.2, 0.25) is 0 Å². The molecule has 0 saturated carbocycles. The van der Waals surface area contributed by atoms with Crippen molar-refractivity contribution in [2.75, 3.05) is 5.73 Å². The number of rotatable bonds is 1. The predicted molar refractivity (Wildman–Crippen MR) is 47.3 cm³/mol. The first-order valence-corrected chi connectivity index (χ1v) is 3.99. The molecule has 6 heteroatoms. The van der Waals surface area contributed by atoms with Gasteiger partial charge < -0.3 is 10.5 Å². The largest absolute Gasteiger partial charge is 0.573 e. The summed E-state index contributed by atoms with van der Waals surface area (Å²) in [6, 6.07) is 2.82. The highest BCUT2D eigenvalue weighted by Gasteiger charge is 2.33. The van der Waals surface area contributed by atoms with Gasteiger partial charge in [-0.2, -0.15) is 0 Å². The zero-order valence-electron chi connectivity index (χ0n) is 7.15. The molecule has 0 heterocycles. The molecule has 0 aliphatic heterocycles. The Morgan fingerprint density at radius 3 is 2.43 bits per heavy atom. The van der Waals surface area contributed by atoms with Gasteiger partial charge in [-0.3, -0.25) is 0 Å². The lowest BCUT2D eigenvalue weighted by Crippen LogP contribution is -2.18. The standard InChI is InChI=1S/C8H7ClF3NO/c1-4-2-3-5(13)7(6(4)9)14-8(10,11)12/h2-3H,13H2,1H3. The monoisotopic (exact) mass is 225 g/mol. The van der Waals surface area contributed by atoms with Gasteiger partial charge in [0, 0.05) is 0 Å². The van der Waals surface area contributed by atoms with Crippen molar-refractivity contribution in [2.45, 2.75) is 13.3 Å². The minimum Gasteiger partial charge on any atom is -0.402 e. The Balaban J connectivity index is 3.13. The summed E-state index contributed by atoms with van der Waals surface area (Å²) >= 11 is 5.60. The summed E-state index contributed by atoms with van der Waals surface area (Å²) < 4.78 is 39.4. The highest BCUT2D eigenvalue weighted by Crippen LogP contribution is 2.37. The van der Waals surface area contributed by atoms with Crippen molar-refractivity contribution in [1.29, 1.82) is 0 Å². The third-order valence-corrected chi connectivity index (χ3v) is 2.01. The van der Waals surface area contributed by atoms with Crippen LogP contribution in [-0.2, 0) is 0 Å². The first-order chi connectivity index (χ1) is 6.31. The van der Waals surface area contributed by atoms with Crippen molar-refractivity contribution in [3.05, 3.63) is 22.7 Å². The van der Waals surface area contributed by atoms with Crippen molar-refractivity contribution in [1.82, 2.24) is 0 Å². The van der Waals surface area contributed by atoms with Crippen LogP contribution in [0.4, 0.5) is 18.9 Å². The molecule has 0 aromatic heterocycles. The summed E-state index contributed by atoms with van der Waals surface area (Å²) in [7, 11) is 0. The molecule has 0 aliphatic carbocycles. The van der Waals surface area contributed by atoms with Crippen molar-refractivity contribution < 1.29 is 17.9 Å². The maximum atomic E-state index is 11.9. The minimum absolute atomic E-state index is 0.123. The van der Waals surface area contributed by atoms with E-state index in [9.17, 15) is 13.2 Å². The second-order valence-electron chi connectivity index (χ2n) is 2.66. The Morgan fingerprint density at radius 1 is 1.36 bits per heavy atom. The fraction of sp³-hybridized carbons (Fsp3) is 0.250. The topological polar surface area (TPSA) is 35.2 Å². The lowest BCUT2D eigenvalue weighted by molar-refractivity contribution is -0.274. The molecule has 0 atom stereocenters. The third kappa shape index (κ3) is 2.45. The van der Waals surface area contributed by atoms with E-state index in [-0.39, 0.29) is 10.7 Å². The SMILES string of the molecule is Cc1ccc(N)c(OC(F)(F)F)c1Cl. The van der Waals surface area contributed by atoms with Crippen molar-refractivity contribution in [3.8, 4) is 5.75 Å². The molecule has 0 aliphatic rings. The maximum absolute atomic E-state index is 11.9. The molecule has 1 aromatic carbocycles. The van der Waals surface area contributed by atoms with Gasteiger partial charge in [-0.25, -0.2) is 0 Å². The van der Waals surface area contributed by atoms with E-state index in [1.807, 2.05) is 0 Å². The molecule has 0 unspecified atom stereocenters. The van der Waals surface area contributed by atoms with Crippen molar-refractivity contribution in [2.24, 2.45) is 0 Å². The van der Waals surface area contributed by atoms with Gasteiger partial charge in [0.15, 0.2) is 5.75 Å². The number of benzene rings is 1. The van der Waals surface area contributed by atoms with Crippen LogP contribution in [0.25, 0.3) is 0 Å². The molecule has 0 radical (unpaired) electrons. The molecule has 2 nitrogen and oxygen atoms in total. The quantitative estimate of drug-likeness (QED) is 0.746. The summed E-state index contributed by atoms with van der Waals surface area (Å²) in [4.78, 5) is 0. The molecular formula is C8H7ClF3NO. The highest BCUT2D eigenvalue weighted by molar-refractivity contribution is 6.33. The number of halogens is 4. The average molecular weight is 226 g/mol. The molecule has 14 heavy (non-hydrogen) atoms. The zero-order valence-corrected chi connectivity index (χ0v) is 7.91. The molecule has 1 aromatic rings. The van der Waals surface area contributed by atoms with Crippen LogP contribution in [0.3, 0.4) is 0 Å². The van der Waals surface area contributed by atoms with E-state index >= 15 is 0 Å². The smallest absolute Gasteiger partial charge is 0.402 e. The third-order valence-electron chi connectivity index (χ3n) is 1.54. The highest BCUT2D eigenvalue weighted by atomic mass is 35.5. The van der Waals surface area contributed by atoms with Crippen LogP contribution in [0.5, 0.6) is 5.75 Å². The van der Waals surface area contributed by atoms with E-state index in [0.29, 0.717) is 5.56 Å². The lowest BCUT2D eigenvalue weighted by atomic mass is 10.2. The number of hydrogen-bond donors (Lipinski definition) is 1. The molecule has 0 amide bonds. The van der Waals surface area contributed by atoms with Crippen LogP contribution in [-0.4, -0.2) is 6.36 Å². The molecule has 0 spiro atoms. The number of hydrogen-bond acceptors (Lipinski definition) is 2. The molecular weight excluding hydrogens is 219 g/mol. The van der Waals surface area contributed by atoms with Gasteiger partial charge >= 0.3 is 6.36 Å². The first-order valence-electron chi connectivity index (χ1n) is 3.61. The molecule has 78 valence electrons. The van der Waals surface area contributed by atoms with Crippen LogP contribution in [0.1, 0.15) is 5.56 Å². The Hall–Kier alpha value is -1.10. The number of ether oxygens (including phenoxy) is 1. The Kier molecular flexibility index (Phi) is 2.80. The summed E-state index contributed by atoms with van der Waals surface area (Å²) in [6.45, 7) is 1.56. The molecule has 0 saturated heterocycles. The fourth-order valence-corrected chi connectivity index (χ4v) is 1.10. The number of alkyl halides is 3. The van der Waals surface area contributed by atoms with E-state index < -0.39 is 12.1 Å². The number of nitrogen functional groups attached to an aromatic ring is 1. The van der Waals surface area contributed by atoms with E-state index in [2.05, 4.69) is 4.74 Å². The Morgan fingerprint density at radius 2 is 1.93 bits per heavy atom. The van der Waals surface area contributed by atoms with E-state index in [1.54, 1.807) is 6.92 Å². The van der Waals surface area contributed by atoms with E-state index in [1.165, 1.54) is 12.1 Å². The average Bonchev–Trinajstić information content (AvgIpc) is 2.04. The van der Waals surface area contributed by atoms with E-state index in [4.69, 9.17) is 17.3 Å². The summed E-state index contributed by atoms with van der Waals surface area (Å²) in [6.07, 6.45) is -4.79. The van der Waals surface area contributed by atoms with Crippen LogP contribution in [0, 0.1) is 6.92 Å². The van der Waals surface area contributed by atoms with Crippen molar-refractivity contribution >= 4 is 17.3 Å². The predicted octanol–water partition coefficient (Wildman–Crippen LogP) is 3.13. The van der Waals surface area contributed by atoms with E-state index in [0.717, 1.165) is 0 Å². The second kappa shape index (κ2) is 3.57. The zero-order chi connectivity index (χ0) is 10.9. The lowest BCUT2D eigenvalue weighted by Gasteiger charge is -2.13. The van der Waals surface area contributed by atoms with Gasteiger partial charge in [0.25, 0.3) is 0 Å². The van der Waals surface area contributed by atoms with Gasteiger partial charge in [-0.15, -0.1) is 13.2 Å². The Labute approximate surface area is 83.4 Å². The second-order valence-corrected chi connectivity index (χ2v) is 3.04.